The first-order valence-electron chi connectivity index (χ1n) is 7.13. The van der Waals surface area contributed by atoms with Gasteiger partial charge in [-0.1, -0.05) is 27.2 Å². The molecule has 0 saturated heterocycles. The Morgan fingerprint density at radius 3 is 2.61 bits per heavy atom. The SMILES string of the molecule is CCCCSc1ccc(C(CC)NCCC)nc1. The Morgan fingerprint density at radius 1 is 1.22 bits per heavy atom. The highest BCUT2D eigenvalue weighted by Crippen LogP contribution is 2.21. The summed E-state index contributed by atoms with van der Waals surface area (Å²) in [5.74, 6) is 1.20. The van der Waals surface area contributed by atoms with Crippen LogP contribution in [0, 0.1) is 0 Å². The zero-order valence-corrected chi connectivity index (χ0v) is 12.7. The van der Waals surface area contributed by atoms with Crippen LogP contribution in [-0.4, -0.2) is 17.3 Å². The number of rotatable bonds is 9. The van der Waals surface area contributed by atoms with E-state index in [0.29, 0.717) is 6.04 Å². The molecule has 0 aliphatic carbocycles. The van der Waals surface area contributed by atoms with Crippen LogP contribution in [0.1, 0.15) is 58.2 Å². The number of nitrogens with one attached hydrogen (secondary N) is 1. The molecule has 102 valence electrons. The molecule has 1 atom stereocenters. The average Bonchev–Trinajstić information content (AvgIpc) is 2.41. The van der Waals surface area contributed by atoms with Crippen molar-refractivity contribution < 1.29 is 0 Å². The molecule has 0 aliphatic heterocycles. The van der Waals surface area contributed by atoms with Crippen LogP contribution in [0.4, 0.5) is 0 Å². The minimum Gasteiger partial charge on any atom is -0.309 e. The first kappa shape index (κ1) is 15.5. The molecule has 0 saturated carbocycles. The van der Waals surface area contributed by atoms with Gasteiger partial charge in [0.2, 0.25) is 0 Å². The van der Waals surface area contributed by atoms with Gasteiger partial charge in [-0.15, -0.1) is 11.8 Å². The number of nitrogens with zero attached hydrogens (tertiary/aromatic N) is 1. The standard InChI is InChI=1S/C15H26N2S/c1-4-7-11-18-13-8-9-15(17-12-13)14(6-3)16-10-5-2/h8-9,12,14,16H,4-7,10-11H2,1-3H3. The van der Waals surface area contributed by atoms with Gasteiger partial charge in [-0.3, -0.25) is 4.98 Å². The van der Waals surface area contributed by atoms with E-state index >= 15 is 0 Å². The maximum absolute atomic E-state index is 4.60. The fourth-order valence-corrected chi connectivity index (χ4v) is 2.75. The molecule has 0 bridgehead atoms. The van der Waals surface area contributed by atoms with E-state index in [1.807, 2.05) is 18.0 Å². The summed E-state index contributed by atoms with van der Waals surface area (Å²) in [6, 6.07) is 4.78. The van der Waals surface area contributed by atoms with E-state index in [-0.39, 0.29) is 0 Å². The minimum absolute atomic E-state index is 0.402. The second-order valence-corrected chi connectivity index (χ2v) is 5.70. The summed E-state index contributed by atoms with van der Waals surface area (Å²) >= 11 is 1.91. The molecule has 18 heavy (non-hydrogen) atoms. The molecular formula is C15H26N2S. The Labute approximate surface area is 116 Å². The second-order valence-electron chi connectivity index (χ2n) is 4.54. The Kier molecular flexibility index (Phi) is 8.10. The molecule has 0 amide bonds. The van der Waals surface area contributed by atoms with Gasteiger partial charge in [0, 0.05) is 17.1 Å². The molecule has 1 aromatic heterocycles. The molecule has 1 heterocycles. The summed E-state index contributed by atoms with van der Waals surface area (Å²) in [7, 11) is 0. The van der Waals surface area contributed by atoms with Crippen molar-refractivity contribution in [3.05, 3.63) is 24.0 Å². The van der Waals surface area contributed by atoms with Crippen molar-refractivity contribution in [3.63, 3.8) is 0 Å². The normalized spacial score (nSPS) is 12.6. The maximum atomic E-state index is 4.60. The second kappa shape index (κ2) is 9.40. The van der Waals surface area contributed by atoms with Crippen molar-refractivity contribution in [2.24, 2.45) is 0 Å². The number of pyridine rings is 1. The Morgan fingerprint density at radius 2 is 2.06 bits per heavy atom. The predicted octanol–water partition coefficient (Wildman–Crippen LogP) is 4.42. The molecule has 2 nitrogen and oxygen atoms in total. The highest BCUT2D eigenvalue weighted by Gasteiger charge is 2.09. The lowest BCUT2D eigenvalue weighted by Gasteiger charge is -2.16. The van der Waals surface area contributed by atoms with Crippen LogP contribution in [0.15, 0.2) is 23.2 Å². The molecular weight excluding hydrogens is 240 g/mol. The van der Waals surface area contributed by atoms with Crippen molar-refractivity contribution in [2.75, 3.05) is 12.3 Å². The van der Waals surface area contributed by atoms with Gasteiger partial charge in [-0.2, -0.15) is 0 Å². The average molecular weight is 266 g/mol. The Hall–Kier alpha value is -0.540. The van der Waals surface area contributed by atoms with Crippen LogP contribution in [0.3, 0.4) is 0 Å². The van der Waals surface area contributed by atoms with Gasteiger partial charge >= 0.3 is 0 Å². The van der Waals surface area contributed by atoms with Gasteiger partial charge in [0.25, 0.3) is 0 Å². The molecule has 0 aromatic carbocycles. The molecule has 0 fully saturated rings. The van der Waals surface area contributed by atoms with Gasteiger partial charge < -0.3 is 5.32 Å². The molecule has 3 heteroatoms. The lowest BCUT2D eigenvalue weighted by atomic mass is 10.1. The van der Waals surface area contributed by atoms with Crippen LogP contribution < -0.4 is 5.32 Å². The molecule has 1 unspecified atom stereocenters. The molecule has 0 aliphatic rings. The highest BCUT2D eigenvalue weighted by molar-refractivity contribution is 7.99. The number of aromatic nitrogens is 1. The topological polar surface area (TPSA) is 24.9 Å². The molecule has 1 rings (SSSR count). The number of thioether (sulfide) groups is 1. The van der Waals surface area contributed by atoms with Gasteiger partial charge in [-0.05, 0) is 43.7 Å². The summed E-state index contributed by atoms with van der Waals surface area (Å²) < 4.78 is 0. The highest BCUT2D eigenvalue weighted by atomic mass is 32.2. The van der Waals surface area contributed by atoms with Crippen LogP contribution in [0.5, 0.6) is 0 Å². The van der Waals surface area contributed by atoms with Gasteiger partial charge in [0.1, 0.15) is 0 Å². The lowest BCUT2D eigenvalue weighted by Crippen LogP contribution is -2.22. The van der Waals surface area contributed by atoms with Crippen LogP contribution in [0.2, 0.25) is 0 Å². The van der Waals surface area contributed by atoms with Crippen molar-refractivity contribution in [1.82, 2.24) is 10.3 Å². The third-order valence-corrected chi connectivity index (χ3v) is 4.00. The molecule has 0 radical (unpaired) electrons. The maximum Gasteiger partial charge on any atom is 0.0573 e. The predicted molar refractivity (Wildman–Crippen MR) is 81.2 cm³/mol. The summed E-state index contributed by atoms with van der Waals surface area (Å²) in [4.78, 5) is 5.89. The summed E-state index contributed by atoms with van der Waals surface area (Å²) in [6.07, 6.45) is 6.82. The third-order valence-electron chi connectivity index (χ3n) is 2.93. The van der Waals surface area contributed by atoms with Crippen molar-refractivity contribution >= 4 is 11.8 Å². The Balaban J connectivity index is 2.51. The van der Waals surface area contributed by atoms with Crippen LogP contribution in [0.25, 0.3) is 0 Å². The van der Waals surface area contributed by atoms with Gasteiger partial charge in [0.05, 0.1) is 5.69 Å². The van der Waals surface area contributed by atoms with Gasteiger partial charge in [0.15, 0.2) is 0 Å². The summed E-state index contributed by atoms with van der Waals surface area (Å²) in [5.41, 5.74) is 1.17. The smallest absolute Gasteiger partial charge is 0.0573 e. The first-order valence-corrected chi connectivity index (χ1v) is 8.12. The molecule has 1 aromatic rings. The van der Waals surface area contributed by atoms with Crippen molar-refractivity contribution in [2.45, 2.75) is 57.4 Å². The van der Waals surface area contributed by atoms with Gasteiger partial charge in [-0.25, -0.2) is 0 Å². The van der Waals surface area contributed by atoms with E-state index in [2.05, 4.69) is 43.2 Å². The van der Waals surface area contributed by atoms with E-state index in [9.17, 15) is 0 Å². The fourth-order valence-electron chi connectivity index (χ4n) is 1.79. The number of unbranched alkanes of at least 4 members (excludes halogenated alkanes) is 1. The third kappa shape index (κ3) is 5.40. The van der Waals surface area contributed by atoms with Crippen LogP contribution >= 0.6 is 11.8 Å². The quantitative estimate of drug-likeness (QED) is 0.529. The zero-order valence-electron chi connectivity index (χ0n) is 11.9. The molecule has 0 spiro atoms. The monoisotopic (exact) mass is 266 g/mol. The van der Waals surface area contributed by atoms with Crippen molar-refractivity contribution in [3.8, 4) is 0 Å². The number of hydrogen-bond donors (Lipinski definition) is 1. The van der Waals surface area contributed by atoms with E-state index in [1.54, 1.807) is 0 Å². The summed E-state index contributed by atoms with van der Waals surface area (Å²) in [6.45, 7) is 7.69. The van der Waals surface area contributed by atoms with Crippen molar-refractivity contribution in [1.29, 1.82) is 0 Å². The lowest BCUT2D eigenvalue weighted by molar-refractivity contribution is 0.507. The molecule has 1 N–H and O–H groups in total. The van der Waals surface area contributed by atoms with E-state index in [1.165, 1.54) is 35.6 Å². The van der Waals surface area contributed by atoms with E-state index < -0.39 is 0 Å². The fraction of sp³-hybridized carbons (Fsp3) is 0.667. The summed E-state index contributed by atoms with van der Waals surface area (Å²) in [5, 5.41) is 3.54. The first-order chi connectivity index (χ1) is 8.81. The largest absolute Gasteiger partial charge is 0.309 e. The minimum atomic E-state index is 0.402. The number of hydrogen-bond acceptors (Lipinski definition) is 3. The zero-order chi connectivity index (χ0) is 13.2. The van der Waals surface area contributed by atoms with E-state index in [4.69, 9.17) is 0 Å². The van der Waals surface area contributed by atoms with E-state index in [0.717, 1.165) is 13.0 Å². The van der Waals surface area contributed by atoms with Crippen LogP contribution in [-0.2, 0) is 0 Å². The Bertz CT molecular complexity index is 311.